The third-order valence-corrected chi connectivity index (χ3v) is 6.83. The number of benzene rings is 2. The summed E-state index contributed by atoms with van der Waals surface area (Å²) in [5.41, 5.74) is 3.33. The molecule has 0 bridgehead atoms. The van der Waals surface area contributed by atoms with E-state index in [0.717, 1.165) is 22.4 Å². The van der Waals surface area contributed by atoms with Crippen molar-refractivity contribution in [3.05, 3.63) is 65.7 Å². The standard InChI is InChI=1S/C20H24N4O3S/c1-14-10-19(11-15(2)20(14)27-5)28(25,26)23(4)16(3)17-6-8-18(9-7-17)24-13-21-12-22-24/h6-13,16H,1-5H3. The van der Waals surface area contributed by atoms with Gasteiger partial charge in [-0.3, -0.25) is 0 Å². The van der Waals surface area contributed by atoms with Gasteiger partial charge in [-0.05, 0) is 61.7 Å². The number of aryl methyl sites for hydroxylation is 2. The summed E-state index contributed by atoms with van der Waals surface area (Å²) in [6.07, 6.45) is 3.08. The smallest absolute Gasteiger partial charge is 0.243 e. The Kier molecular flexibility index (Phi) is 5.53. The molecule has 0 spiro atoms. The summed E-state index contributed by atoms with van der Waals surface area (Å²) in [6, 6.07) is 10.6. The van der Waals surface area contributed by atoms with Crippen LogP contribution in [0.4, 0.5) is 0 Å². The van der Waals surface area contributed by atoms with Crippen molar-refractivity contribution >= 4 is 10.0 Å². The minimum absolute atomic E-state index is 0.261. The van der Waals surface area contributed by atoms with Crippen molar-refractivity contribution in [3.63, 3.8) is 0 Å². The normalized spacial score (nSPS) is 12.9. The molecule has 3 aromatic rings. The maximum atomic E-state index is 13.2. The highest BCUT2D eigenvalue weighted by Gasteiger charge is 2.27. The van der Waals surface area contributed by atoms with Crippen molar-refractivity contribution in [1.29, 1.82) is 0 Å². The summed E-state index contributed by atoms with van der Waals surface area (Å²) in [7, 11) is -0.478. The van der Waals surface area contributed by atoms with Crippen LogP contribution >= 0.6 is 0 Å². The first kappa shape index (κ1) is 20.0. The molecule has 148 valence electrons. The Hall–Kier alpha value is -2.71. The van der Waals surface area contributed by atoms with Crippen molar-refractivity contribution in [2.45, 2.75) is 31.7 Å². The molecule has 0 aliphatic carbocycles. The summed E-state index contributed by atoms with van der Waals surface area (Å²) in [4.78, 5) is 4.19. The second-order valence-corrected chi connectivity index (χ2v) is 8.72. The van der Waals surface area contributed by atoms with Crippen LogP contribution < -0.4 is 4.74 Å². The van der Waals surface area contributed by atoms with Crippen molar-refractivity contribution in [3.8, 4) is 11.4 Å². The number of methoxy groups -OCH3 is 1. The fourth-order valence-corrected chi connectivity index (χ4v) is 4.73. The fraction of sp³-hybridized carbons (Fsp3) is 0.300. The lowest BCUT2D eigenvalue weighted by atomic mass is 10.1. The van der Waals surface area contributed by atoms with Gasteiger partial charge in [0.1, 0.15) is 18.4 Å². The van der Waals surface area contributed by atoms with E-state index in [9.17, 15) is 8.42 Å². The van der Waals surface area contributed by atoms with Crippen molar-refractivity contribution < 1.29 is 13.2 Å². The van der Waals surface area contributed by atoms with Crippen LogP contribution in [0, 0.1) is 13.8 Å². The Morgan fingerprint density at radius 1 is 1.11 bits per heavy atom. The molecule has 0 fully saturated rings. The van der Waals surface area contributed by atoms with Gasteiger partial charge in [-0.25, -0.2) is 18.1 Å². The SMILES string of the molecule is COc1c(C)cc(S(=O)(=O)N(C)C(C)c2ccc(-n3cncn3)cc2)cc1C. The number of nitrogens with zero attached hydrogens (tertiary/aromatic N) is 4. The molecule has 0 aliphatic rings. The molecule has 0 radical (unpaired) electrons. The van der Waals surface area contributed by atoms with Gasteiger partial charge in [-0.15, -0.1) is 0 Å². The molecule has 0 saturated carbocycles. The molecule has 7 nitrogen and oxygen atoms in total. The first-order valence-electron chi connectivity index (χ1n) is 8.84. The fourth-order valence-electron chi connectivity index (χ4n) is 3.21. The molecule has 0 aliphatic heterocycles. The van der Waals surface area contributed by atoms with Crippen LogP contribution in [0.25, 0.3) is 5.69 Å². The Morgan fingerprint density at radius 2 is 1.71 bits per heavy atom. The summed E-state index contributed by atoms with van der Waals surface area (Å²) in [5.74, 6) is 0.707. The molecular weight excluding hydrogens is 376 g/mol. The van der Waals surface area contributed by atoms with Crippen LogP contribution in [0.2, 0.25) is 0 Å². The monoisotopic (exact) mass is 400 g/mol. The Morgan fingerprint density at radius 3 is 2.21 bits per heavy atom. The molecule has 2 aromatic carbocycles. The number of sulfonamides is 1. The van der Waals surface area contributed by atoms with E-state index in [1.54, 1.807) is 37.3 Å². The van der Waals surface area contributed by atoms with E-state index in [-0.39, 0.29) is 10.9 Å². The lowest BCUT2D eigenvalue weighted by molar-refractivity contribution is 0.397. The van der Waals surface area contributed by atoms with E-state index >= 15 is 0 Å². The average Bonchev–Trinajstić information content (AvgIpc) is 3.21. The second-order valence-electron chi connectivity index (χ2n) is 6.72. The molecular formula is C20H24N4O3S. The van der Waals surface area contributed by atoms with Gasteiger partial charge >= 0.3 is 0 Å². The summed E-state index contributed by atoms with van der Waals surface area (Å²) >= 11 is 0. The second kappa shape index (κ2) is 7.73. The number of hydrogen-bond donors (Lipinski definition) is 0. The Labute approximate surface area is 165 Å². The highest BCUT2D eigenvalue weighted by atomic mass is 32.2. The van der Waals surface area contributed by atoms with E-state index in [1.807, 2.05) is 45.0 Å². The summed E-state index contributed by atoms with van der Waals surface area (Å²) in [6.45, 7) is 5.56. The first-order valence-corrected chi connectivity index (χ1v) is 10.3. The predicted molar refractivity (Wildman–Crippen MR) is 107 cm³/mol. The van der Waals surface area contributed by atoms with Gasteiger partial charge in [0.05, 0.1) is 17.7 Å². The lowest BCUT2D eigenvalue weighted by Crippen LogP contribution is -2.30. The van der Waals surface area contributed by atoms with Crippen LogP contribution in [0.1, 0.15) is 29.7 Å². The molecule has 1 atom stereocenters. The molecule has 28 heavy (non-hydrogen) atoms. The van der Waals surface area contributed by atoms with Crippen molar-refractivity contribution in [1.82, 2.24) is 19.1 Å². The van der Waals surface area contributed by atoms with E-state index in [1.165, 1.54) is 10.6 Å². The van der Waals surface area contributed by atoms with Crippen LogP contribution in [0.15, 0.2) is 53.9 Å². The highest BCUT2D eigenvalue weighted by Crippen LogP contribution is 2.31. The average molecular weight is 401 g/mol. The zero-order chi connectivity index (χ0) is 20.5. The number of aromatic nitrogens is 3. The van der Waals surface area contributed by atoms with Gasteiger partial charge in [0.25, 0.3) is 0 Å². The summed E-state index contributed by atoms with van der Waals surface area (Å²) in [5, 5.41) is 4.09. The molecule has 0 amide bonds. The third kappa shape index (κ3) is 3.65. The van der Waals surface area contributed by atoms with Gasteiger partial charge in [0.15, 0.2) is 0 Å². The van der Waals surface area contributed by atoms with Gasteiger partial charge in [0.2, 0.25) is 10.0 Å². The highest BCUT2D eigenvalue weighted by molar-refractivity contribution is 7.89. The number of rotatable bonds is 6. The number of hydrogen-bond acceptors (Lipinski definition) is 5. The van der Waals surface area contributed by atoms with E-state index < -0.39 is 10.0 Å². The molecule has 1 heterocycles. The third-order valence-electron chi connectivity index (χ3n) is 4.92. The molecule has 8 heteroatoms. The van der Waals surface area contributed by atoms with Gasteiger partial charge in [-0.2, -0.15) is 9.40 Å². The quantitative estimate of drug-likeness (QED) is 0.635. The van der Waals surface area contributed by atoms with Crippen molar-refractivity contribution in [2.75, 3.05) is 14.2 Å². The minimum Gasteiger partial charge on any atom is -0.496 e. The Bertz CT molecular complexity index is 1040. The molecule has 3 rings (SSSR count). The van der Waals surface area contributed by atoms with E-state index in [2.05, 4.69) is 10.1 Å². The first-order chi connectivity index (χ1) is 13.3. The predicted octanol–water partition coefficient (Wildman–Crippen LogP) is 3.27. The van der Waals surface area contributed by atoms with E-state index in [0.29, 0.717) is 5.75 Å². The maximum Gasteiger partial charge on any atom is 0.243 e. The van der Waals surface area contributed by atoms with Gasteiger partial charge in [-0.1, -0.05) is 12.1 Å². The lowest BCUT2D eigenvalue weighted by Gasteiger charge is -2.25. The zero-order valence-corrected chi connectivity index (χ0v) is 17.4. The molecule has 0 saturated heterocycles. The van der Waals surface area contributed by atoms with Crippen LogP contribution in [0.5, 0.6) is 5.75 Å². The molecule has 1 aromatic heterocycles. The number of ether oxygens (including phenoxy) is 1. The topological polar surface area (TPSA) is 77.3 Å². The minimum atomic E-state index is -3.66. The van der Waals surface area contributed by atoms with E-state index in [4.69, 9.17) is 4.74 Å². The zero-order valence-electron chi connectivity index (χ0n) is 16.6. The molecule has 0 N–H and O–H groups in total. The van der Waals surface area contributed by atoms with Crippen LogP contribution in [-0.2, 0) is 10.0 Å². The van der Waals surface area contributed by atoms with Crippen LogP contribution in [-0.4, -0.2) is 41.6 Å². The largest absolute Gasteiger partial charge is 0.496 e. The Balaban J connectivity index is 1.88. The van der Waals surface area contributed by atoms with Gasteiger partial charge < -0.3 is 4.74 Å². The van der Waals surface area contributed by atoms with Crippen LogP contribution in [0.3, 0.4) is 0 Å². The maximum absolute atomic E-state index is 13.2. The van der Waals surface area contributed by atoms with Crippen molar-refractivity contribution in [2.24, 2.45) is 0 Å². The van der Waals surface area contributed by atoms with Gasteiger partial charge in [0, 0.05) is 13.1 Å². The molecule has 1 unspecified atom stereocenters. The summed E-state index contributed by atoms with van der Waals surface area (Å²) < 4.78 is 34.7.